The van der Waals surface area contributed by atoms with Crippen LogP contribution >= 0.6 is 0 Å². The zero-order chi connectivity index (χ0) is 23.5. The summed E-state index contributed by atoms with van der Waals surface area (Å²) < 4.78 is 40.5. The van der Waals surface area contributed by atoms with Crippen LogP contribution in [0.1, 0.15) is 35.6 Å². The van der Waals surface area contributed by atoms with Crippen molar-refractivity contribution in [3.05, 3.63) is 42.2 Å². The van der Waals surface area contributed by atoms with E-state index in [0.717, 1.165) is 0 Å². The molecule has 2 atom stereocenters. The Morgan fingerprint density at radius 3 is 2.85 bits per heavy atom. The number of hydrogen-bond donors (Lipinski definition) is 3. The Morgan fingerprint density at radius 2 is 2.09 bits per heavy atom. The predicted molar refractivity (Wildman–Crippen MR) is 111 cm³/mol. The summed E-state index contributed by atoms with van der Waals surface area (Å²) in [4.78, 5) is 32.9. The SMILES string of the molecule is C[C@@]1(O)CCN(C(=O)c2ccc3nc(C(F)(F)F)[nH]c3c2)C[C@H]1n1cnc2c(N)ncnc21. The van der Waals surface area contributed by atoms with Crippen molar-refractivity contribution in [3.8, 4) is 0 Å². The van der Waals surface area contributed by atoms with Gasteiger partial charge in [-0.15, -0.1) is 0 Å². The summed E-state index contributed by atoms with van der Waals surface area (Å²) in [6.45, 7) is 2.07. The molecule has 0 saturated carbocycles. The van der Waals surface area contributed by atoms with Crippen LogP contribution in [0, 0.1) is 0 Å². The number of nitrogens with zero attached hydrogens (tertiary/aromatic N) is 6. The van der Waals surface area contributed by atoms with Crippen molar-refractivity contribution < 1.29 is 23.1 Å². The second kappa shape index (κ2) is 7.13. The second-order valence-electron chi connectivity index (χ2n) is 8.27. The quantitative estimate of drug-likeness (QED) is 0.417. The highest BCUT2D eigenvalue weighted by Crippen LogP contribution is 2.35. The number of nitrogen functional groups attached to an aromatic ring is 1. The van der Waals surface area contributed by atoms with E-state index >= 15 is 0 Å². The van der Waals surface area contributed by atoms with E-state index in [1.54, 1.807) is 16.4 Å². The number of carbonyl (C=O) groups is 1. The Labute approximate surface area is 184 Å². The monoisotopic (exact) mass is 460 g/mol. The molecule has 4 heterocycles. The molecule has 0 aliphatic carbocycles. The fraction of sp³-hybridized carbons (Fsp3) is 0.350. The minimum atomic E-state index is -4.62. The maximum Gasteiger partial charge on any atom is 0.449 e. The number of alkyl halides is 3. The molecule has 3 aromatic heterocycles. The molecular formula is C20H19F3N8O2. The average molecular weight is 460 g/mol. The molecule has 0 unspecified atom stereocenters. The zero-order valence-corrected chi connectivity index (χ0v) is 17.3. The van der Waals surface area contributed by atoms with E-state index in [1.807, 2.05) is 0 Å². The van der Waals surface area contributed by atoms with Crippen LogP contribution < -0.4 is 5.73 Å². The number of benzene rings is 1. The van der Waals surface area contributed by atoms with E-state index in [-0.39, 0.29) is 47.8 Å². The van der Waals surface area contributed by atoms with Gasteiger partial charge in [0.15, 0.2) is 11.5 Å². The van der Waals surface area contributed by atoms with Gasteiger partial charge in [-0.1, -0.05) is 0 Å². The molecular weight excluding hydrogens is 441 g/mol. The Kier molecular flexibility index (Phi) is 4.57. The summed E-state index contributed by atoms with van der Waals surface area (Å²) in [6, 6.07) is 3.58. The summed E-state index contributed by atoms with van der Waals surface area (Å²) in [5, 5.41) is 11.0. The van der Waals surface area contributed by atoms with E-state index in [0.29, 0.717) is 11.2 Å². The minimum Gasteiger partial charge on any atom is -0.388 e. The molecule has 1 fully saturated rings. The number of halogens is 3. The third kappa shape index (κ3) is 3.53. The smallest absolute Gasteiger partial charge is 0.388 e. The Balaban J connectivity index is 1.46. The molecule has 0 radical (unpaired) electrons. The van der Waals surface area contributed by atoms with E-state index in [2.05, 4.69) is 24.9 Å². The Morgan fingerprint density at radius 1 is 1.30 bits per heavy atom. The van der Waals surface area contributed by atoms with Crippen molar-refractivity contribution in [2.75, 3.05) is 18.8 Å². The van der Waals surface area contributed by atoms with Crippen LogP contribution in [0.25, 0.3) is 22.2 Å². The third-order valence-corrected chi connectivity index (χ3v) is 6.01. The molecule has 0 spiro atoms. The van der Waals surface area contributed by atoms with Crippen molar-refractivity contribution in [1.29, 1.82) is 0 Å². The first-order chi connectivity index (χ1) is 15.5. The number of hydrogen-bond acceptors (Lipinski definition) is 7. The molecule has 172 valence electrons. The van der Waals surface area contributed by atoms with Crippen molar-refractivity contribution in [2.45, 2.75) is 31.2 Å². The fourth-order valence-electron chi connectivity index (χ4n) is 4.15. The number of amides is 1. The van der Waals surface area contributed by atoms with Gasteiger partial charge in [-0.3, -0.25) is 4.79 Å². The first kappa shape index (κ1) is 21.1. The molecule has 5 rings (SSSR count). The van der Waals surface area contributed by atoms with Gasteiger partial charge < -0.3 is 25.3 Å². The van der Waals surface area contributed by atoms with E-state index in [4.69, 9.17) is 5.73 Å². The molecule has 1 aliphatic heterocycles. The number of nitrogens with one attached hydrogen (secondary N) is 1. The highest BCUT2D eigenvalue weighted by Gasteiger charge is 2.41. The lowest BCUT2D eigenvalue weighted by atomic mass is 9.87. The summed E-state index contributed by atoms with van der Waals surface area (Å²) >= 11 is 0. The molecule has 1 aromatic carbocycles. The number of piperidine rings is 1. The highest BCUT2D eigenvalue weighted by molar-refractivity contribution is 5.97. The summed E-state index contributed by atoms with van der Waals surface area (Å²) in [7, 11) is 0. The minimum absolute atomic E-state index is 0.112. The second-order valence-corrected chi connectivity index (χ2v) is 8.27. The number of fused-ring (bicyclic) bond motifs is 2. The van der Waals surface area contributed by atoms with Crippen LogP contribution in [0.2, 0.25) is 0 Å². The lowest BCUT2D eigenvalue weighted by Crippen LogP contribution is -2.52. The molecule has 33 heavy (non-hydrogen) atoms. The van der Waals surface area contributed by atoms with E-state index in [1.165, 1.54) is 30.9 Å². The number of rotatable bonds is 2. The highest BCUT2D eigenvalue weighted by atomic mass is 19.4. The Bertz CT molecular complexity index is 1380. The van der Waals surface area contributed by atoms with Crippen LogP contribution in [0.15, 0.2) is 30.9 Å². The first-order valence-electron chi connectivity index (χ1n) is 10.1. The fourth-order valence-corrected chi connectivity index (χ4v) is 4.15. The van der Waals surface area contributed by atoms with E-state index in [9.17, 15) is 23.1 Å². The lowest BCUT2D eigenvalue weighted by molar-refractivity contribution is -0.144. The number of aliphatic hydroxyl groups is 1. The number of H-pyrrole nitrogens is 1. The van der Waals surface area contributed by atoms with Crippen LogP contribution in [-0.4, -0.2) is 64.1 Å². The van der Waals surface area contributed by atoms with Crippen molar-refractivity contribution in [2.24, 2.45) is 0 Å². The topological polar surface area (TPSA) is 139 Å². The molecule has 4 aromatic rings. The van der Waals surface area contributed by atoms with Crippen LogP contribution in [0.5, 0.6) is 0 Å². The number of anilines is 1. The molecule has 0 bridgehead atoms. The van der Waals surface area contributed by atoms with Gasteiger partial charge >= 0.3 is 6.18 Å². The van der Waals surface area contributed by atoms with Gasteiger partial charge in [-0.25, -0.2) is 19.9 Å². The number of carbonyl (C=O) groups excluding carboxylic acids is 1. The van der Waals surface area contributed by atoms with Crippen molar-refractivity contribution in [3.63, 3.8) is 0 Å². The molecule has 4 N–H and O–H groups in total. The standard InChI is InChI=1S/C20H19F3N8O2/c1-19(33)4-5-30(7-13(19)31-9-27-14-15(24)25-8-26-16(14)31)17(32)10-2-3-11-12(6-10)29-18(28-11)20(21,22)23/h2-3,6,8-9,13,33H,4-5,7H2,1H3,(H,28,29)(H2,24,25,26)/t13-,19-/m1/s1. The summed E-state index contributed by atoms with van der Waals surface area (Å²) in [5.74, 6) is -1.29. The van der Waals surface area contributed by atoms with Crippen LogP contribution in [-0.2, 0) is 6.18 Å². The predicted octanol–water partition coefficient (Wildman–Crippen LogP) is 2.14. The van der Waals surface area contributed by atoms with Crippen molar-refractivity contribution >= 4 is 33.9 Å². The molecule has 1 saturated heterocycles. The first-order valence-corrected chi connectivity index (χ1v) is 10.1. The van der Waals surface area contributed by atoms with Gasteiger partial charge in [0.1, 0.15) is 11.8 Å². The van der Waals surface area contributed by atoms with Gasteiger partial charge in [0.2, 0.25) is 5.82 Å². The summed E-state index contributed by atoms with van der Waals surface area (Å²) in [5.41, 5.74) is 5.95. The lowest BCUT2D eigenvalue weighted by Gasteiger charge is -2.43. The van der Waals surface area contributed by atoms with Gasteiger partial charge in [-0.05, 0) is 31.5 Å². The molecule has 1 aliphatic rings. The van der Waals surface area contributed by atoms with Gasteiger partial charge in [0, 0.05) is 18.7 Å². The number of nitrogens with two attached hydrogens (primary N) is 1. The third-order valence-electron chi connectivity index (χ3n) is 6.01. The maximum atomic E-state index is 13.2. The van der Waals surface area contributed by atoms with Gasteiger partial charge in [0.05, 0.1) is 29.0 Å². The van der Waals surface area contributed by atoms with Crippen LogP contribution in [0.4, 0.5) is 19.0 Å². The number of imidazole rings is 2. The number of aromatic amines is 1. The normalized spacial score (nSPS) is 21.7. The Hall–Kier alpha value is -3.74. The number of likely N-dealkylation sites (tertiary alicyclic amines) is 1. The van der Waals surface area contributed by atoms with Gasteiger partial charge in [0.25, 0.3) is 5.91 Å². The number of aromatic nitrogens is 6. The van der Waals surface area contributed by atoms with Crippen molar-refractivity contribution in [1.82, 2.24) is 34.4 Å². The summed E-state index contributed by atoms with van der Waals surface area (Å²) in [6.07, 6.45) is -1.55. The maximum absolute atomic E-state index is 13.2. The van der Waals surface area contributed by atoms with Gasteiger partial charge in [-0.2, -0.15) is 13.2 Å². The largest absolute Gasteiger partial charge is 0.449 e. The molecule has 13 heteroatoms. The molecule has 1 amide bonds. The zero-order valence-electron chi connectivity index (χ0n) is 17.3. The average Bonchev–Trinajstić information content (AvgIpc) is 3.37. The van der Waals surface area contributed by atoms with E-state index < -0.39 is 23.6 Å². The van der Waals surface area contributed by atoms with Crippen LogP contribution in [0.3, 0.4) is 0 Å². The molecule has 10 nitrogen and oxygen atoms in total.